The molecule has 0 aromatic heterocycles. The van der Waals surface area contributed by atoms with Gasteiger partial charge in [0.2, 0.25) is 15.9 Å². The number of nitrogens with zero attached hydrogens (tertiary/aromatic N) is 3. The minimum absolute atomic E-state index is 0.130. The van der Waals surface area contributed by atoms with Crippen LogP contribution in [0.2, 0.25) is 0 Å². The third-order valence-electron chi connectivity index (χ3n) is 5.63. The van der Waals surface area contributed by atoms with Crippen LogP contribution in [-0.4, -0.2) is 85.6 Å². The van der Waals surface area contributed by atoms with Crippen LogP contribution in [0.25, 0.3) is 6.08 Å². The SMILES string of the molecule is CCN(CC)S(=O)(=O)c1ccc(C=CC(=O)N2CCN(C(=O)C(=O)NC3CC3)CC2)cc1. The zero-order chi connectivity index (χ0) is 23.3. The van der Waals surface area contributed by atoms with Crippen molar-refractivity contribution >= 4 is 33.8 Å². The molecule has 10 heteroatoms. The van der Waals surface area contributed by atoms with Gasteiger partial charge in [0.15, 0.2) is 0 Å². The van der Waals surface area contributed by atoms with E-state index < -0.39 is 21.8 Å². The van der Waals surface area contributed by atoms with Gasteiger partial charge in [0.1, 0.15) is 0 Å². The van der Waals surface area contributed by atoms with Crippen LogP contribution in [0.1, 0.15) is 32.3 Å². The highest BCUT2D eigenvalue weighted by Crippen LogP contribution is 2.19. The van der Waals surface area contributed by atoms with Gasteiger partial charge in [-0.05, 0) is 36.6 Å². The normalized spacial score (nSPS) is 17.1. The van der Waals surface area contributed by atoms with Gasteiger partial charge in [-0.15, -0.1) is 0 Å². The average molecular weight is 463 g/mol. The van der Waals surface area contributed by atoms with E-state index in [4.69, 9.17) is 0 Å². The number of amides is 3. The first-order chi connectivity index (χ1) is 15.3. The summed E-state index contributed by atoms with van der Waals surface area (Å²) in [6.45, 7) is 5.73. The Morgan fingerprint density at radius 1 is 1.00 bits per heavy atom. The van der Waals surface area contributed by atoms with Gasteiger partial charge in [-0.3, -0.25) is 14.4 Å². The maximum atomic E-state index is 12.5. The molecule has 3 rings (SSSR count). The third kappa shape index (κ3) is 5.74. The quantitative estimate of drug-likeness (QED) is 0.474. The van der Waals surface area contributed by atoms with Crippen molar-refractivity contribution in [1.82, 2.24) is 19.4 Å². The molecule has 1 aliphatic heterocycles. The number of carbonyl (C=O) groups excluding carboxylic acids is 3. The van der Waals surface area contributed by atoms with Gasteiger partial charge in [0, 0.05) is 51.4 Å². The van der Waals surface area contributed by atoms with E-state index in [2.05, 4.69) is 5.32 Å². The van der Waals surface area contributed by atoms with E-state index in [0.29, 0.717) is 44.8 Å². The largest absolute Gasteiger partial charge is 0.345 e. The van der Waals surface area contributed by atoms with Crippen LogP contribution < -0.4 is 5.32 Å². The van der Waals surface area contributed by atoms with Gasteiger partial charge in [-0.1, -0.05) is 26.0 Å². The number of nitrogens with one attached hydrogen (secondary N) is 1. The summed E-state index contributed by atoms with van der Waals surface area (Å²) >= 11 is 0. The molecule has 0 radical (unpaired) electrons. The molecule has 32 heavy (non-hydrogen) atoms. The zero-order valence-electron chi connectivity index (χ0n) is 18.5. The van der Waals surface area contributed by atoms with Crippen molar-refractivity contribution in [2.24, 2.45) is 0 Å². The Labute approximate surface area is 189 Å². The van der Waals surface area contributed by atoms with Crippen molar-refractivity contribution in [2.45, 2.75) is 37.6 Å². The number of rotatable bonds is 7. The van der Waals surface area contributed by atoms with E-state index in [1.165, 1.54) is 27.4 Å². The number of carbonyl (C=O) groups is 3. The number of hydrogen-bond donors (Lipinski definition) is 1. The van der Waals surface area contributed by atoms with Gasteiger partial charge in [0.05, 0.1) is 4.90 Å². The van der Waals surface area contributed by atoms with Crippen molar-refractivity contribution in [2.75, 3.05) is 39.3 Å². The minimum atomic E-state index is -3.51. The standard InChI is InChI=1S/C22H30N4O5S/c1-3-26(4-2)32(30,31)19-10-5-17(6-11-19)7-12-20(27)24-13-15-25(16-14-24)22(29)21(28)23-18-8-9-18/h5-7,10-12,18H,3-4,8-9,13-16H2,1-2H3,(H,23,28). The lowest BCUT2D eigenvalue weighted by Gasteiger charge is -2.33. The Morgan fingerprint density at radius 2 is 1.56 bits per heavy atom. The van der Waals surface area contributed by atoms with E-state index in [0.717, 1.165) is 12.8 Å². The predicted octanol–water partition coefficient (Wildman–Crippen LogP) is 0.680. The molecule has 0 bridgehead atoms. The van der Waals surface area contributed by atoms with E-state index in [1.807, 2.05) is 0 Å². The molecule has 1 aliphatic carbocycles. The van der Waals surface area contributed by atoms with E-state index in [1.54, 1.807) is 37.0 Å². The van der Waals surface area contributed by atoms with Gasteiger partial charge in [-0.25, -0.2) is 8.42 Å². The second-order valence-electron chi connectivity index (χ2n) is 7.86. The van der Waals surface area contributed by atoms with Crippen LogP contribution in [0.15, 0.2) is 35.2 Å². The van der Waals surface area contributed by atoms with Crippen LogP contribution in [0.4, 0.5) is 0 Å². The first-order valence-electron chi connectivity index (χ1n) is 10.9. The number of piperazine rings is 1. The fraction of sp³-hybridized carbons (Fsp3) is 0.500. The lowest BCUT2D eigenvalue weighted by molar-refractivity contribution is -0.148. The molecule has 2 fully saturated rings. The van der Waals surface area contributed by atoms with Gasteiger partial charge in [-0.2, -0.15) is 4.31 Å². The van der Waals surface area contributed by atoms with Crippen molar-refractivity contribution in [3.05, 3.63) is 35.9 Å². The summed E-state index contributed by atoms with van der Waals surface area (Å²) in [5, 5.41) is 2.69. The van der Waals surface area contributed by atoms with E-state index >= 15 is 0 Å². The maximum absolute atomic E-state index is 12.5. The fourth-order valence-corrected chi connectivity index (χ4v) is 4.94. The molecule has 1 N–H and O–H groups in total. The molecule has 0 unspecified atom stereocenters. The average Bonchev–Trinajstić information content (AvgIpc) is 3.62. The van der Waals surface area contributed by atoms with E-state index in [-0.39, 0.29) is 16.8 Å². The lowest BCUT2D eigenvalue weighted by atomic mass is 10.2. The van der Waals surface area contributed by atoms with Crippen LogP contribution in [0.5, 0.6) is 0 Å². The van der Waals surface area contributed by atoms with Crippen LogP contribution in [0.3, 0.4) is 0 Å². The highest BCUT2D eigenvalue weighted by molar-refractivity contribution is 7.89. The molecular formula is C22H30N4O5S. The lowest BCUT2D eigenvalue weighted by Crippen LogP contribution is -2.53. The summed E-state index contributed by atoms with van der Waals surface area (Å²) in [5.74, 6) is -1.31. The molecule has 1 saturated heterocycles. The van der Waals surface area contributed by atoms with E-state index in [9.17, 15) is 22.8 Å². The molecule has 1 heterocycles. The van der Waals surface area contributed by atoms with Crippen LogP contribution >= 0.6 is 0 Å². The summed E-state index contributed by atoms with van der Waals surface area (Å²) in [6, 6.07) is 6.53. The van der Waals surface area contributed by atoms with Crippen LogP contribution in [-0.2, 0) is 24.4 Å². The number of benzene rings is 1. The third-order valence-corrected chi connectivity index (χ3v) is 7.69. The molecule has 174 valence electrons. The highest BCUT2D eigenvalue weighted by Gasteiger charge is 2.31. The van der Waals surface area contributed by atoms with Crippen LogP contribution in [0, 0.1) is 0 Å². The Hall–Kier alpha value is -2.72. The van der Waals surface area contributed by atoms with Crippen molar-refractivity contribution in [3.8, 4) is 0 Å². The molecule has 3 amide bonds. The molecule has 1 aromatic rings. The first-order valence-corrected chi connectivity index (χ1v) is 12.4. The zero-order valence-corrected chi connectivity index (χ0v) is 19.3. The summed E-state index contributed by atoms with van der Waals surface area (Å²) < 4.78 is 26.5. The number of hydrogen-bond acceptors (Lipinski definition) is 5. The summed E-state index contributed by atoms with van der Waals surface area (Å²) in [5.41, 5.74) is 0.711. The minimum Gasteiger partial charge on any atom is -0.345 e. The molecule has 9 nitrogen and oxygen atoms in total. The smallest absolute Gasteiger partial charge is 0.312 e. The Morgan fingerprint density at radius 3 is 2.09 bits per heavy atom. The molecule has 0 atom stereocenters. The molecule has 1 aromatic carbocycles. The summed E-state index contributed by atoms with van der Waals surface area (Å²) in [6.07, 6.45) is 4.91. The second-order valence-corrected chi connectivity index (χ2v) is 9.79. The molecule has 2 aliphatic rings. The number of sulfonamides is 1. The molecule has 0 spiro atoms. The van der Waals surface area contributed by atoms with Gasteiger partial charge in [0.25, 0.3) is 0 Å². The summed E-state index contributed by atoms with van der Waals surface area (Å²) in [7, 11) is -3.51. The topological polar surface area (TPSA) is 107 Å². The fourth-order valence-electron chi connectivity index (χ4n) is 3.48. The van der Waals surface area contributed by atoms with Crippen molar-refractivity contribution in [1.29, 1.82) is 0 Å². The molecular weight excluding hydrogens is 432 g/mol. The Kier molecular flexibility index (Phi) is 7.68. The van der Waals surface area contributed by atoms with Gasteiger partial charge < -0.3 is 15.1 Å². The Bertz CT molecular complexity index is 974. The second kappa shape index (κ2) is 10.3. The highest BCUT2D eigenvalue weighted by atomic mass is 32.2. The Balaban J connectivity index is 1.52. The predicted molar refractivity (Wildman–Crippen MR) is 120 cm³/mol. The maximum Gasteiger partial charge on any atom is 0.312 e. The monoisotopic (exact) mass is 462 g/mol. The van der Waals surface area contributed by atoms with Crippen molar-refractivity contribution in [3.63, 3.8) is 0 Å². The first kappa shape index (κ1) is 23.9. The molecule has 1 saturated carbocycles. The summed E-state index contributed by atoms with van der Waals surface area (Å²) in [4.78, 5) is 39.9. The van der Waals surface area contributed by atoms with Gasteiger partial charge >= 0.3 is 11.8 Å². The van der Waals surface area contributed by atoms with Crippen molar-refractivity contribution < 1.29 is 22.8 Å².